The predicted molar refractivity (Wildman–Crippen MR) is 123 cm³/mol. The summed E-state index contributed by atoms with van der Waals surface area (Å²) >= 11 is 6.06. The molecule has 0 radical (unpaired) electrons. The zero-order chi connectivity index (χ0) is 22.0. The molecule has 0 aliphatic carbocycles. The zero-order valence-electron chi connectivity index (χ0n) is 17.1. The second kappa shape index (κ2) is 8.66. The minimum atomic E-state index is -0.387. The van der Waals surface area contributed by atoms with Gasteiger partial charge in [0.05, 0.1) is 5.39 Å². The van der Waals surface area contributed by atoms with E-state index in [1.807, 2.05) is 62.4 Å². The third-order valence-corrected chi connectivity index (χ3v) is 5.09. The van der Waals surface area contributed by atoms with Crippen LogP contribution in [0.3, 0.4) is 0 Å². The standard InChI is InChI=1S/C25H20ClNO4/c1-15-8-10-20(16(2)12-15)27-22(28)14-30-25-23(29)19-13-18(26)9-11-21(19)31-24(25)17-6-4-3-5-7-17/h3-13H,14H2,1-2H3,(H,27,28). The molecule has 156 valence electrons. The Kier molecular flexibility index (Phi) is 5.78. The minimum absolute atomic E-state index is 0.0308. The van der Waals surface area contributed by atoms with Crippen molar-refractivity contribution in [1.82, 2.24) is 0 Å². The summed E-state index contributed by atoms with van der Waals surface area (Å²) in [5.41, 5.74) is 3.41. The molecular formula is C25H20ClNO4. The number of ether oxygens (including phenoxy) is 1. The van der Waals surface area contributed by atoms with Crippen molar-refractivity contribution >= 4 is 34.2 Å². The molecule has 0 fully saturated rings. The summed E-state index contributed by atoms with van der Waals surface area (Å²) in [6.07, 6.45) is 0. The fourth-order valence-corrected chi connectivity index (χ4v) is 3.51. The largest absolute Gasteiger partial charge is 0.476 e. The molecule has 4 rings (SSSR count). The second-order valence-corrected chi connectivity index (χ2v) is 7.69. The molecular weight excluding hydrogens is 414 g/mol. The van der Waals surface area contributed by atoms with Crippen molar-refractivity contribution in [3.05, 3.63) is 93.1 Å². The van der Waals surface area contributed by atoms with Gasteiger partial charge in [-0.05, 0) is 43.7 Å². The van der Waals surface area contributed by atoms with Gasteiger partial charge in [0.15, 0.2) is 12.4 Å². The minimum Gasteiger partial charge on any atom is -0.476 e. The van der Waals surface area contributed by atoms with Crippen LogP contribution in [0.4, 0.5) is 5.69 Å². The maximum Gasteiger partial charge on any atom is 0.262 e. The monoisotopic (exact) mass is 433 g/mol. The van der Waals surface area contributed by atoms with E-state index >= 15 is 0 Å². The number of aryl methyl sites for hydroxylation is 2. The van der Waals surface area contributed by atoms with Gasteiger partial charge in [-0.1, -0.05) is 59.6 Å². The van der Waals surface area contributed by atoms with Crippen molar-refractivity contribution in [2.45, 2.75) is 13.8 Å². The predicted octanol–water partition coefficient (Wildman–Crippen LogP) is 5.75. The number of hydrogen-bond donors (Lipinski definition) is 1. The molecule has 0 atom stereocenters. The maximum absolute atomic E-state index is 13.2. The average molecular weight is 434 g/mol. The highest BCUT2D eigenvalue weighted by Crippen LogP contribution is 2.31. The number of amides is 1. The normalized spacial score (nSPS) is 10.8. The van der Waals surface area contributed by atoms with Crippen LogP contribution in [0, 0.1) is 13.8 Å². The first-order valence-corrected chi connectivity index (χ1v) is 10.1. The number of anilines is 1. The Bertz CT molecular complexity index is 1330. The Labute approximate surface area is 184 Å². The number of nitrogens with one attached hydrogen (secondary N) is 1. The Morgan fingerprint density at radius 2 is 1.81 bits per heavy atom. The number of carbonyl (C=O) groups is 1. The molecule has 0 bridgehead atoms. The van der Waals surface area contributed by atoms with Crippen LogP contribution in [-0.2, 0) is 4.79 Å². The lowest BCUT2D eigenvalue weighted by atomic mass is 10.1. The Morgan fingerprint density at radius 3 is 2.55 bits per heavy atom. The van der Waals surface area contributed by atoms with Gasteiger partial charge in [-0.3, -0.25) is 9.59 Å². The summed E-state index contributed by atoms with van der Waals surface area (Å²) in [7, 11) is 0. The second-order valence-electron chi connectivity index (χ2n) is 7.25. The van der Waals surface area contributed by atoms with Gasteiger partial charge in [-0.25, -0.2) is 0 Å². The maximum atomic E-state index is 13.2. The summed E-state index contributed by atoms with van der Waals surface area (Å²) in [4.78, 5) is 25.7. The van der Waals surface area contributed by atoms with Crippen LogP contribution >= 0.6 is 11.6 Å². The Balaban J connectivity index is 1.68. The molecule has 0 spiro atoms. The van der Waals surface area contributed by atoms with E-state index in [2.05, 4.69) is 5.32 Å². The van der Waals surface area contributed by atoms with Crippen LogP contribution in [0.1, 0.15) is 11.1 Å². The van der Waals surface area contributed by atoms with Crippen LogP contribution in [-0.4, -0.2) is 12.5 Å². The highest BCUT2D eigenvalue weighted by atomic mass is 35.5. The molecule has 1 N–H and O–H groups in total. The summed E-state index contributed by atoms with van der Waals surface area (Å²) in [6, 6.07) is 19.7. The molecule has 6 heteroatoms. The average Bonchev–Trinajstić information content (AvgIpc) is 2.76. The number of carbonyl (C=O) groups excluding carboxylic acids is 1. The molecule has 3 aromatic carbocycles. The fraction of sp³-hybridized carbons (Fsp3) is 0.120. The zero-order valence-corrected chi connectivity index (χ0v) is 17.8. The molecule has 0 aliphatic heterocycles. The molecule has 1 heterocycles. The van der Waals surface area contributed by atoms with Gasteiger partial charge in [0, 0.05) is 16.3 Å². The molecule has 0 aliphatic rings. The third kappa shape index (κ3) is 4.47. The molecule has 4 aromatic rings. The lowest BCUT2D eigenvalue weighted by Crippen LogP contribution is -2.23. The van der Waals surface area contributed by atoms with Crippen LogP contribution in [0.2, 0.25) is 5.02 Å². The van der Waals surface area contributed by atoms with Gasteiger partial charge < -0.3 is 14.5 Å². The molecule has 5 nitrogen and oxygen atoms in total. The van der Waals surface area contributed by atoms with E-state index < -0.39 is 0 Å². The van der Waals surface area contributed by atoms with Crippen molar-refractivity contribution in [2.24, 2.45) is 0 Å². The van der Waals surface area contributed by atoms with Crippen molar-refractivity contribution in [3.8, 4) is 17.1 Å². The number of benzene rings is 3. The summed E-state index contributed by atoms with van der Waals surface area (Å²) < 4.78 is 11.7. The first-order chi connectivity index (χ1) is 14.9. The van der Waals surface area contributed by atoms with Crippen LogP contribution in [0.5, 0.6) is 5.75 Å². The summed E-state index contributed by atoms with van der Waals surface area (Å²) in [5.74, 6) is -0.145. The lowest BCUT2D eigenvalue weighted by Gasteiger charge is -2.13. The molecule has 0 unspecified atom stereocenters. The van der Waals surface area contributed by atoms with Gasteiger partial charge >= 0.3 is 0 Å². The third-order valence-electron chi connectivity index (χ3n) is 4.85. The Hall–Kier alpha value is -3.57. The fourth-order valence-electron chi connectivity index (χ4n) is 3.34. The Morgan fingerprint density at radius 1 is 1.03 bits per heavy atom. The van der Waals surface area contributed by atoms with Crippen molar-refractivity contribution in [3.63, 3.8) is 0 Å². The van der Waals surface area contributed by atoms with E-state index in [4.69, 9.17) is 20.8 Å². The van der Waals surface area contributed by atoms with E-state index in [0.717, 1.165) is 11.1 Å². The smallest absolute Gasteiger partial charge is 0.262 e. The summed E-state index contributed by atoms with van der Waals surface area (Å²) in [6.45, 7) is 3.56. The van der Waals surface area contributed by atoms with Crippen molar-refractivity contribution < 1.29 is 13.9 Å². The van der Waals surface area contributed by atoms with Crippen LogP contribution in [0.15, 0.2) is 75.9 Å². The van der Waals surface area contributed by atoms with Crippen LogP contribution in [0.25, 0.3) is 22.3 Å². The van der Waals surface area contributed by atoms with E-state index in [9.17, 15) is 9.59 Å². The van der Waals surface area contributed by atoms with Crippen LogP contribution < -0.4 is 15.5 Å². The molecule has 0 saturated carbocycles. The van der Waals surface area contributed by atoms with E-state index in [0.29, 0.717) is 21.9 Å². The van der Waals surface area contributed by atoms with Gasteiger partial charge in [-0.2, -0.15) is 0 Å². The molecule has 31 heavy (non-hydrogen) atoms. The molecule has 1 aromatic heterocycles. The van der Waals surface area contributed by atoms with Gasteiger partial charge in [-0.15, -0.1) is 0 Å². The van der Waals surface area contributed by atoms with E-state index in [1.165, 1.54) is 6.07 Å². The van der Waals surface area contributed by atoms with E-state index in [-0.39, 0.29) is 34.8 Å². The summed E-state index contributed by atoms with van der Waals surface area (Å²) in [5, 5.41) is 3.51. The number of halogens is 1. The van der Waals surface area contributed by atoms with Gasteiger partial charge in [0.2, 0.25) is 11.2 Å². The molecule has 1 amide bonds. The first-order valence-electron chi connectivity index (χ1n) is 9.74. The SMILES string of the molecule is Cc1ccc(NC(=O)COc2c(-c3ccccc3)oc3ccc(Cl)cc3c2=O)c(C)c1. The van der Waals surface area contributed by atoms with Crippen molar-refractivity contribution in [2.75, 3.05) is 11.9 Å². The van der Waals surface area contributed by atoms with E-state index in [1.54, 1.807) is 12.1 Å². The molecule has 0 saturated heterocycles. The topological polar surface area (TPSA) is 68.5 Å². The number of fused-ring (bicyclic) bond motifs is 1. The van der Waals surface area contributed by atoms with Gasteiger partial charge in [0.1, 0.15) is 5.58 Å². The lowest BCUT2D eigenvalue weighted by molar-refractivity contribution is -0.118. The van der Waals surface area contributed by atoms with Gasteiger partial charge in [0.25, 0.3) is 5.91 Å². The number of hydrogen-bond acceptors (Lipinski definition) is 4. The quantitative estimate of drug-likeness (QED) is 0.435. The van der Waals surface area contributed by atoms with Crippen molar-refractivity contribution in [1.29, 1.82) is 0 Å². The number of rotatable bonds is 5. The highest BCUT2D eigenvalue weighted by molar-refractivity contribution is 6.31. The highest BCUT2D eigenvalue weighted by Gasteiger charge is 2.19. The first kappa shape index (κ1) is 20.7.